The monoisotopic (exact) mass is 425 g/mol. The zero-order valence-corrected chi connectivity index (χ0v) is 18.3. The number of likely N-dealkylation sites (tertiary alicyclic amines) is 1. The summed E-state index contributed by atoms with van der Waals surface area (Å²) in [5.41, 5.74) is -0.305. The zero-order valence-electron chi connectivity index (χ0n) is 18.3. The van der Waals surface area contributed by atoms with Crippen LogP contribution in [0.5, 0.6) is 11.5 Å². The van der Waals surface area contributed by atoms with E-state index in [1.54, 1.807) is 0 Å². The summed E-state index contributed by atoms with van der Waals surface area (Å²) < 4.78 is 11.7. The lowest BCUT2D eigenvalue weighted by atomic mass is 9.85. The van der Waals surface area contributed by atoms with Crippen LogP contribution in [0.25, 0.3) is 0 Å². The highest BCUT2D eigenvalue weighted by molar-refractivity contribution is 5.27. The number of hydrogen-bond acceptors (Lipinski definition) is 5. The highest BCUT2D eigenvalue weighted by atomic mass is 16.5. The van der Waals surface area contributed by atoms with Gasteiger partial charge in [0.1, 0.15) is 30.3 Å². The maximum Gasteiger partial charge on any atom is 0.119 e. The second-order valence-electron chi connectivity index (χ2n) is 9.36. The third kappa shape index (κ3) is 6.45. The number of para-hydroxylation sites is 1. The molecule has 168 valence electrons. The van der Waals surface area contributed by atoms with Crippen LogP contribution >= 0.6 is 0 Å². The first-order valence-electron chi connectivity index (χ1n) is 11.6. The molecule has 1 saturated carbocycles. The van der Waals surface area contributed by atoms with Crippen molar-refractivity contribution in [1.82, 2.24) is 4.90 Å². The quantitative estimate of drug-likeness (QED) is 0.665. The minimum atomic E-state index is -0.827. The third-order valence-corrected chi connectivity index (χ3v) is 6.51. The molecule has 2 aromatic carbocycles. The van der Waals surface area contributed by atoms with Gasteiger partial charge in [-0.25, -0.2) is 0 Å². The van der Waals surface area contributed by atoms with Crippen molar-refractivity contribution in [3.63, 3.8) is 0 Å². The van der Waals surface area contributed by atoms with Crippen molar-refractivity contribution in [3.05, 3.63) is 60.2 Å². The van der Waals surface area contributed by atoms with Gasteiger partial charge in [-0.1, -0.05) is 49.6 Å². The Morgan fingerprint density at radius 1 is 0.710 bits per heavy atom. The summed E-state index contributed by atoms with van der Waals surface area (Å²) in [6, 6.07) is 17.8. The number of ether oxygens (including phenoxy) is 2. The molecule has 0 bridgehead atoms. The van der Waals surface area contributed by atoms with Crippen LogP contribution in [0.3, 0.4) is 0 Å². The second kappa shape index (κ2) is 10.0. The van der Waals surface area contributed by atoms with E-state index in [2.05, 4.69) is 17.0 Å². The minimum Gasteiger partial charge on any atom is -0.491 e. The van der Waals surface area contributed by atoms with Crippen LogP contribution in [0, 0.1) is 0 Å². The molecule has 2 N–H and O–H groups in total. The molecule has 1 saturated heterocycles. The van der Waals surface area contributed by atoms with Gasteiger partial charge < -0.3 is 19.7 Å². The Morgan fingerprint density at radius 3 is 2.03 bits per heavy atom. The van der Waals surface area contributed by atoms with Gasteiger partial charge in [0, 0.05) is 13.1 Å². The summed E-state index contributed by atoms with van der Waals surface area (Å²) in [5, 5.41) is 21.6. The Morgan fingerprint density at radius 2 is 1.32 bits per heavy atom. The standard InChI is InChI=1S/C26H35NO4/c28-25(14-5-2-6-15-25)20-30-24-12-10-22(11-13-24)18-27-17-7-16-26(29,19-27)21-31-23-8-3-1-4-9-23/h1,3-4,8-13,28-29H,2,5-7,14-21H2/t26-/m1/s1. The van der Waals surface area contributed by atoms with Crippen molar-refractivity contribution in [2.24, 2.45) is 0 Å². The summed E-state index contributed by atoms with van der Waals surface area (Å²) in [4.78, 5) is 2.29. The highest BCUT2D eigenvalue weighted by Gasteiger charge is 2.34. The lowest BCUT2D eigenvalue weighted by Crippen LogP contribution is -2.51. The van der Waals surface area contributed by atoms with Crippen LogP contribution in [-0.2, 0) is 6.54 Å². The van der Waals surface area contributed by atoms with E-state index in [9.17, 15) is 10.2 Å². The fraction of sp³-hybridized carbons (Fsp3) is 0.538. The summed E-state index contributed by atoms with van der Waals surface area (Å²) in [6.07, 6.45) is 6.74. The maximum atomic E-state index is 11.0. The van der Waals surface area contributed by atoms with E-state index in [0.29, 0.717) is 19.8 Å². The van der Waals surface area contributed by atoms with Crippen molar-refractivity contribution >= 4 is 0 Å². The highest BCUT2D eigenvalue weighted by Crippen LogP contribution is 2.29. The molecule has 2 aromatic rings. The first-order chi connectivity index (χ1) is 15.0. The average Bonchev–Trinajstić information content (AvgIpc) is 2.79. The molecule has 0 radical (unpaired) electrons. The number of nitrogens with zero attached hydrogens (tertiary/aromatic N) is 1. The summed E-state index contributed by atoms with van der Waals surface area (Å²) in [7, 11) is 0. The SMILES string of the molecule is OC1(COc2ccc(CN3CCC[C@](O)(COc4ccccc4)C3)cc2)CCCCC1. The number of piperidine rings is 1. The fourth-order valence-corrected chi connectivity index (χ4v) is 4.71. The van der Waals surface area contributed by atoms with Crippen LogP contribution in [0.4, 0.5) is 0 Å². The number of rotatable bonds is 8. The molecule has 1 aliphatic heterocycles. The summed E-state index contributed by atoms with van der Waals surface area (Å²) in [6.45, 7) is 3.04. The third-order valence-electron chi connectivity index (χ3n) is 6.51. The molecular weight excluding hydrogens is 390 g/mol. The van der Waals surface area contributed by atoms with E-state index in [0.717, 1.165) is 63.1 Å². The number of benzene rings is 2. The van der Waals surface area contributed by atoms with Crippen molar-refractivity contribution in [3.8, 4) is 11.5 Å². The normalized spacial score (nSPS) is 23.9. The Balaban J connectivity index is 1.26. The van der Waals surface area contributed by atoms with Gasteiger partial charge in [0.2, 0.25) is 0 Å². The summed E-state index contributed by atoms with van der Waals surface area (Å²) >= 11 is 0. The molecular formula is C26H35NO4. The Kier molecular flexibility index (Phi) is 7.16. The van der Waals surface area contributed by atoms with E-state index in [-0.39, 0.29) is 0 Å². The van der Waals surface area contributed by atoms with Crippen LogP contribution in [0.1, 0.15) is 50.5 Å². The lowest BCUT2D eigenvalue weighted by molar-refractivity contribution is -0.0621. The van der Waals surface area contributed by atoms with Gasteiger partial charge in [0.25, 0.3) is 0 Å². The topological polar surface area (TPSA) is 62.2 Å². The molecule has 31 heavy (non-hydrogen) atoms. The average molecular weight is 426 g/mol. The van der Waals surface area contributed by atoms with Crippen molar-refractivity contribution < 1.29 is 19.7 Å². The molecule has 1 atom stereocenters. The number of aliphatic hydroxyl groups is 2. The van der Waals surface area contributed by atoms with Crippen molar-refractivity contribution in [2.45, 2.75) is 62.7 Å². The van der Waals surface area contributed by atoms with E-state index < -0.39 is 11.2 Å². The van der Waals surface area contributed by atoms with Crippen LogP contribution in [0.2, 0.25) is 0 Å². The van der Waals surface area contributed by atoms with Crippen molar-refractivity contribution in [1.29, 1.82) is 0 Å². The van der Waals surface area contributed by atoms with E-state index in [1.165, 1.54) is 12.0 Å². The molecule has 2 aliphatic rings. The smallest absolute Gasteiger partial charge is 0.119 e. The predicted molar refractivity (Wildman–Crippen MR) is 121 cm³/mol. The molecule has 0 spiro atoms. The largest absolute Gasteiger partial charge is 0.491 e. The molecule has 4 rings (SSSR count). The molecule has 2 fully saturated rings. The van der Waals surface area contributed by atoms with E-state index >= 15 is 0 Å². The van der Waals surface area contributed by atoms with Crippen LogP contribution < -0.4 is 9.47 Å². The van der Waals surface area contributed by atoms with Crippen LogP contribution in [0.15, 0.2) is 54.6 Å². The zero-order chi connectivity index (χ0) is 21.6. The molecule has 0 amide bonds. The van der Waals surface area contributed by atoms with Gasteiger partial charge >= 0.3 is 0 Å². The van der Waals surface area contributed by atoms with E-state index in [4.69, 9.17) is 9.47 Å². The molecule has 0 unspecified atom stereocenters. The van der Waals surface area contributed by atoms with Gasteiger partial charge in [-0.3, -0.25) is 4.90 Å². The lowest BCUT2D eigenvalue weighted by Gasteiger charge is -2.39. The first kappa shape index (κ1) is 22.1. The maximum absolute atomic E-state index is 11.0. The summed E-state index contributed by atoms with van der Waals surface area (Å²) in [5.74, 6) is 1.59. The van der Waals surface area contributed by atoms with Gasteiger partial charge in [-0.2, -0.15) is 0 Å². The van der Waals surface area contributed by atoms with Gasteiger partial charge in [-0.05, 0) is 62.1 Å². The molecule has 1 heterocycles. The van der Waals surface area contributed by atoms with E-state index in [1.807, 2.05) is 42.5 Å². The Labute approximate surface area is 185 Å². The predicted octanol–water partition coefficient (Wildman–Crippen LogP) is 4.17. The second-order valence-corrected chi connectivity index (χ2v) is 9.36. The number of β-amino-alcohol motifs (C(OH)–C–C–N with tert-alkyl or cyclic N) is 1. The number of hydrogen-bond donors (Lipinski definition) is 2. The van der Waals surface area contributed by atoms with Crippen LogP contribution in [-0.4, -0.2) is 52.6 Å². The molecule has 0 aromatic heterocycles. The molecule has 1 aliphatic carbocycles. The fourth-order valence-electron chi connectivity index (χ4n) is 4.71. The minimum absolute atomic E-state index is 0.309. The molecule has 5 nitrogen and oxygen atoms in total. The molecule has 5 heteroatoms. The Bertz CT molecular complexity index is 804. The van der Waals surface area contributed by atoms with Gasteiger partial charge in [0.15, 0.2) is 0 Å². The van der Waals surface area contributed by atoms with Gasteiger partial charge in [0.05, 0.1) is 5.60 Å². The first-order valence-corrected chi connectivity index (χ1v) is 11.6. The van der Waals surface area contributed by atoms with Crippen molar-refractivity contribution in [2.75, 3.05) is 26.3 Å². The Hall–Kier alpha value is -2.08. The van der Waals surface area contributed by atoms with Gasteiger partial charge in [-0.15, -0.1) is 0 Å².